The molecule has 9 nitrogen and oxygen atoms in total. The van der Waals surface area contributed by atoms with Crippen LogP contribution >= 0.6 is 38.5 Å². The first-order valence-corrected chi connectivity index (χ1v) is 18.6. The van der Waals surface area contributed by atoms with Crippen molar-refractivity contribution in [1.82, 2.24) is 5.01 Å². The van der Waals surface area contributed by atoms with Gasteiger partial charge in [-0.2, -0.15) is 5.01 Å². The standard InChI is InChI=1S/C40H33BrIN3O6/c1-21-8-12-25(13-9-21)43-45-37(48)31-20-29-27(16-17-28-33(29)38(49)44(36(28)47)26-14-10-24(42)11-15-26)34(30-18-23(41)19-32(51-2)35(30)46)40(31,39(45)50)22-6-4-3-5-7-22/h3-16,18-19,28-29,31,33-34,43,46H,17,20H2,1-2H3/t28-,29+,31-,33-,34+,40+/m0/s1. The van der Waals surface area contributed by atoms with E-state index in [4.69, 9.17) is 4.74 Å². The summed E-state index contributed by atoms with van der Waals surface area (Å²) in [5.41, 5.74) is 5.42. The number of carbonyl (C=O) groups excluding carboxylic acids is 4. The normalized spacial score (nSPS) is 26.8. The van der Waals surface area contributed by atoms with E-state index in [1.165, 1.54) is 12.0 Å². The average molecular weight is 859 g/mol. The minimum Gasteiger partial charge on any atom is -0.504 e. The molecule has 0 spiro atoms. The molecule has 4 aromatic rings. The van der Waals surface area contributed by atoms with Gasteiger partial charge in [-0.05, 0) is 102 Å². The van der Waals surface area contributed by atoms with Crippen LogP contribution < -0.4 is 15.1 Å². The molecule has 2 heterocycles. The Kier molecular flexibility index (Phi) is 8.33. The number of anilines is 2. The van der Waals surface area contributed by atoms with Gasteiger partial charge in [0.2, 0.25) is 11.8 Å². The molecule has 4 aromatic carbocycles. The number of allylic oxidation sites excluding steroid dienone is 2. The van der Waals surface area contributed by atoms with Crippen molar-refractivity contribution in [3.63, 3.8) is 0 Å². The lowest BCUT2D eigenvalue weighted by Gasteiger charge is -2.50. The van der Waals surface area contributed by atoms with Crippen LogP contribution in [0, 0.1) is 34.2 Å². The van der Waals surface area contributed by atoms with Crippen molar-refractivity contribution >= 4 is 73.5 Å². The fourth-order valence-corrected chi connectivity index (χ4v) is 9.72. The molecule has 8 rings (SSSR count). The number of hydrazine groups is 1. The third-order valence-electron chi connectivity index (χ3n) is 11.1. The summed E-state index contributed by atoms with van der Waals surface area (Å²) in [7, 11) is 1.45. The van der Waals surface area contributed by atoms with Crippen LogP contribution in [0.3, 0.4) is 0 Å². The molecule has 4 amide bonds. The van der Waals surface area contributed by atoms with E-state index in [1.807, 2.05) is 79.7 Å². The van der Waals surface area contributed by atoms with Gasteiger partial charge < -0.3 is 9.84 Å². The number of nitrogens with zero attached hydrogens (tertiary/aromatic N) is 2. The maximum atomic E-state index is 15.3. The van der Waals surface area contributed by atoms with E-state index in [9.17, 15) is 19.5 Å². The Hall–Kier alpha value is -4.49. The molecule has 258 valence electrons. The summed E-state index contributed by atoms with van der Waals surface area (Å²) >= 11 is 5.77. The fraction of sp³-hybridized carbons (Fsp3) is 0.250. The Morgan fingerprint density at radius 1 is 0.902 bits per heavy atom. The molecule has 0 radical (unpaired) electrons. The third kappa shape index (κ3) is 5.06. The monoisotopic (exact) mass is 857 g/mol. The van der Waals surface area contributed by atoms with Crippen LogP contribution in [-0.4, -0.2) is 40.9 Å². The number of rotatable bonds is 6. The highest BCUT2D eigenvalue weighted by atomic mass is 127. The number of methoxy groups -OCH3 is 1. The summed E-state index contributed by atoms with van der Waals surface area (Å²) in [6, 6.07) is 27.3. The van der Waals surface area contributed by atoms with Gasteiger partial charge in [-0.1, -0.05) is 75.6 Å². The predicted octanol–water partition coefficient (Wildman–Crippen LogP) is 7.27. The van der Waals surface area contributed by atoms with Crippen molar-refractivity contribution in [1.29, 1.82) is 0 Å². The molecule has 1 saturated carbocycles. The second-order valence-electron chi connectivity index (χ2n) is 13.6. The lowest BCUT2D eigenvalue weighted by atomic mass is 9.49. The van der Waals surface area contributed by atoms with E-state index in [-0.39, 0.29) is 36.2 Å². The number of carbonyl (C=O) groups is 4. The molecule has 11 heteroatoms. The number of aryl methyl sites for hydroxylation is 1. The van der Waals surface area contributed by atoms with E-state index < -0.39 is 46.8 Å². The number of imide groups is 2. The minimum atomic E-state index is -1.52. The number of hydrogen-bond donors (Lipinski definition) is 2. The number of amides is 4. The molecule has 6 atom stereocenters. The molecule has 0 bridgehead atoms. The molecule has 2 saturated heterocycles. The number of hydrogen-bond acceptors (Lipinski definition) is 7. The zero-order valence-electron chi connectivity index (χ0n) is 27.7. The van der Waals surface area contributed by atoms with E-state index >= 15 is 4.79 Å². The van der Waals surface area contributed by atoms with Crippen molar-refractivity contribution in [2.75, 3.05) is 17.4 Å². The number of halogens is 2. The average Bonchev–Trinajstić information content (AvgIpc) is 3.51. The molecule has 3 fully saturated rings. The summed E-state index contributed by atoms with van der Waals surface area (Å²) in [6.07, 6.45) is 2.40. The van der Waals surface area contributed by atoms with Crippen molar-refractivity contribution in [3.8, 4) is 11.5 Å². The Bertz CT molecular complexity index is 2140. The SMILES string of the molecule is COc1cc(Br)cc([C@H]2C3=CC[C@@H]4C(=O)N(c5ccc(I)cc5)C(=O)[C@@H]4[C@@H]3C[C@H]3C(=O)N(Nc4ccc(C)cc4)C(=O)[C@@]23c2ccccc2)c1O. The number of ether oxygens (including phenoxy) is 1. The van der Waals surface area contributed by atoms with E-state index in [0.717, 1.165) is 19.7 Å². The Labute approximate surface area is 316 Å². The molecule has 2 N–H and O–H groups in total. The van der Waals surface area contributed by atoms with Crippen LogP contribution in [0.15, 0.2) is 107 Å². The molecule has 51 heavy (non-hydrogen) atoms. The highest BCUT2D eigenvalue weighted by Gasteiger charge is 2.70. The first kappa shape index (κ1) is 33.6. The molecule has 2 aliphatic carbocycles. The van der Waals surface area contributed by atoms with Crippen molar-refractivity contribution in [3.05, 3.63) is 127 Å². The van der Waals surface area contributed by atoms with Gasteiger partial charge in [-0.3, -0.25) is 29.5 Å². The van der Waals surface area contributed by atoms with E-state index in [0.29, 0.717) is 27.0 Å². The van der Waals surface area contributed by atoms with Crippen molar-refractivity contribution < 1.29 is 29.0 Å². The number of benzene rings is 4. The first-order chi connectivity index (χ1) is 24.6. The largest absolute Gasteiger partial charge is 0.504 e. The second kappa shape index (κ2) is 12.6. The Balaban J connectivity index is 1.35. The van der Waals surface area contributed by atoms with Crippen LogP contribution in [0.4, 0.5) is 11.4 Å². The summed E-state index contributed by atoms with van der Waals surface area (Å²) < 4.78 is 7.17. The van der Waals surface area contributed by atoms with Gasteiger partial charge in [0.1, 0.15) is 0 Å². The van der Waals surface area contributed by atoms with Gasteiger partial charge >= 0.3 is 0 Å². The third-order valence-corrected chi connectivity index (χ3v) is 12.3. The predicted molar refractivity (Wildman–Crippen MR) is 203 cm³/mol. The zero-order chi connectivity index (χ0) is 35.8. The van der Waals surface area contributed by atoms with Crippen LogP contribution in [-0.2, 0) is 24.6 Å². The molecular weight excluding hydrogens is 825 g/mol. The lowest BCUT2D eigenvalue weighted by Crippen LogP contribution is -2.53. The minimum absolute atomic E-state index is 0.153. The number of nitrogens with one attached hydrogen (secondary N) is 1. The van der Waals surface area contributed by atoms with E-state index in [2.05, 4.69) is 43.9 Å². The highest BCUT2D eigenvalue weighted by molar-refractivity contribution is 14.1. The van der Waals surface area contributed by atoms with E-state index in [1.54, 1.807) is 24.3 Å². The smallest absolute Gasteiger partial charge is 0.260 e. The summed E-state index contributed by atoms with van der Waals surface area (Å²) in [4.78, 5) is 60.0. The van der Waals surface area contributed by atoms with Crippen LogP contribution in [0.2, 0.25) is 0 Å². The first-order valence-electron chi connectivity index (χ1n) is 16.7. The number of phenols is 1. The number of fused-ring (bicyclic) bond motifs is 4. The van der Waals surface area contributed by atoms with Crippen molar-refractivity contribution in [2.24, 2.45) is 23.7 Å². The van der Waals surface area contributed by atoms with Gasteiger partial charge in [0.05, 0.1) is 41.7 Å². The molecule has 2 aliphatic heterocycles. The second-order valence-corrected chi connectivity index (χ2v) is 15.8. The van der Waals surface area contributed by atoms with Crippen LogP contribution in [0.5, 0.6) is 11.5 Å². The molecular formula is C40H33BrIN3O6. The summed E-state index contributed by atoms with van der Waals surface area (Å²) in [6.45, 7) is 1.95. The highest BCUT2D eigenvalue weighted by Crippen LogP contribution is 2.65. The maximum absolute atomic E-state index is 15.3. The Morgan fingerprint density at radius 3 is 2.29 bits per heavy atom. The maximum Gasteiger partial charge on any atom is 0.260 e. The summed E-state index contributed by atoms with van der Waals surface area (Å²) in [5.74, 6) is -5.28. The van der Waals surface area contributed by atoms with Crippen molar-refractivity contribution in [2.45, 2.75) is 31.1 Å². The summed E-state index contributed by atoms with van der Waals surface area (Å²) in [5, 5.41) is 13.0. The topological polar surface area (TPSA) is 116 Å². The molecule has 0 aromatic heterocycles. The lowest BCUT2D eigenvalue weighted by molar-refractivity contribution is -0.138. The van der Waals surface area contributed by atoms with Gasteiger partial charge in [0, 0.05) is 19.5 Å². The fourth-order valence-electron chi connectivity index (χ4n) is 8.91. The zero-order valence-corrected chi connectivity index (χ0v) is 31.4. The molecule has 0 unspecified atom stereocenters. The molecule has 4 aliphatic rings. The Morgan fingerprint density at radius 2 is 1.61 bits per heavy atom. The number of phenolic OH excluding ortho intramolecular Hbond substituents is 1. The van der Waals surface area contributed by atoms with Gasteiger partial charge in [0.15, 0.2) is 11.5 Å². The van der Waals surface area contributed by atoms with Crippen LogP contribution in [0.1, 0.15) is 35.4 Å². The van der Waals surface area contributed by atoms with Gasteiger partial charge in [-0.25, -0.2) is 0 Å². The quantitative estimate of drug-likeness (QED) is 0.119. The van der Waals surface area contributed by atoms with Crippen LogP contribution in [0.25, 0.3) is 0 Å². The number of aromatic hydroxyl groups is 1. The van der Waals surface area contributed by atoms with Gasteiger partial charge in [-0.15, -0.1) is 0 Å². The van der Waals surface area contributed by atoms with Gasteiger partial charge in [0.25, 0.3) is 11.8 Å².